The molecule has 0 aromatic rings. The molecule has 3 heteroatoms. The Morgan fingerprint density at radius 1 is 0.833 bits per heavy atom. The van der Waals surface area contributed by atoms with Gasteiger partial charge in [-0.25, -0.2) is 0 Å². The lowest BCUT2D eigenvalue weighted by Gasteiger charge is -2.64. The number of rotatable bonds is 0. The van der Waals surface area contributed by atoms with Crippen LogP contribution in [0.1, 0.15) is 79.1 Å². The zero-order chi connectivity index (χ0) is 17.5. The van der Waals surface area contributed by atoms with Gasteiger partial charge in [0.15, 0.2) is 0 Å². The highest BCUT2D eigenvalue weighted by molar-refractivity contribution is 5.16. The summed E-state index contributed by atoms with van der Waals surface area (Å²) >= 11 is 0. The van der Waals surface area contributed by atoms with Gasteiger partial charge in [0.1, 0.15) is 0 Å². The highest BCUT2D eigenvalue weighted by Gasteiger charge is 2.66. The zero-order valence-corrected chi connectivity index (χ0v) is 15.9. The van der Waals surface area contributed by atoms with E-state index in [1.54, 1.807) is 0 Å². The molecule has 9 atom stereocenters. The molecule has 0 saturated heterocycles. The monoisotopic (exact) mass is 336 g/mol. The molecule has 0 amide bonds. The van der Waals surface area contributed by atoms with E-state index in [-0.39, 0.29) is 22.9 Å². The van der Waals surface area contributed by atoms with E-state index < -0.39 is 11.2 Å². The van der Waals surface area contributed by atoms with Gasteiger partial charge in [0.05, 0.1) is 17.3 Å². The molecule has 138 valence electrons. The molecule has 4 rings (SSSR count). The van der Waals surface area contributed by atoms with Crippen LogP contribution in [0.3, 0.4) is 0 Å². The SMILES string of the molecule is C[C@]12CCC[C@](C)(O)[C@@H]1C[C@@H](O)[C@@H]1[C@@H]2CC[C@@]2(C)[C@H]1CC[C@]2(C)O. The molecule has 0 spiro atoms. The van der Waals surface area contributed by atoms with Crippen LogP contribution in [0, 0.1) is 34.5 Å². The first-order chi connectivity index (χ1) is 11.0. The lowest BCUT2D eigenvalue weighted by Crippen LogP contribution is -2.63. The van der Waals surface area contributed by atoms with Crippen LogP contribution >= 0.6 is 0 Å². The lowest BCUT2D eigenvalue weighted by molar-refractivity contribution is -0.219. The predicted molar refractivity (Wildman–Crippen MR) is 94.4 cm³/mol. The second kappa shape index (κ2) is 4.98. The van der Waals surface area contributed by atoms with Gasteiger partial charge in [-0.1, -0.05) is 20.3 Å². The topological polar surface area (TPSA) is 60.7 Å². The molecule has 0 aromatic carbocycles. The highest BCUT2D eigenvalue weighted by Crippen LogP contribution is 2.69. The van der Waals surface area contributed by atoms with Crippen LogP contribution in [-0.4, -0.2) is 32.6 Å². The van der Waals surface area contributed by atoms with E-state index in [1.165, 1.54) is 6.42 Å². The number of hydrogen-bond donors (Lipinski definition) is 3. The van der Waals surface area contributed by atoms with Gasteiger partial charge in [-0.3, -0.25) is 0 Å². The van der Waals surface area contributed by atoms with Crippen molar-refractivity contribution in [3.8, 4) is 0 Å². The van der Waals surface area contributed by atoms with E-state index in [4.69, 9.17) is 0 Å². The Kier molecular flexibility index (Phi) is 3.59. The van der Waals surface area contributed by atoms with Crippen molar-refractivity contribution in [3.05, 3.63) is 0 Å². The van der Waals surface area contributed by atoms with E-state index in [1.807, 2.05) is 13.8 Å². The minimum atomic E-state index is -0.638. The van der Waals surface area contributed by atoms with Gasteiger partial charge in [-0.05, 0) is 93.3 Å². The van der Waals surface area contributed by atoms with E-state index in [0.717, 1.165) is 44.9 Å². The molecule has 0 heterocycles. The van der Waals surface area contributed by atoms with Crippen LogP contribution in [0.2, 0.25) is 0 Å². The number of aliphatic hydroxyl groups excluding tert-OH is 1. The van der Waals surface area contributed by atoms with Gasteiger partial charge in [0.25, 0.3) is 0 Å². The number of hydrogen-bond acceptors (Lipinski definition) is 3. The van der Waals surface area contributed by atoms with Crippen molar-refractivity contribution in [2.75, 3.05) is 0 Å². The van der Waals surface area contributed by atoms with Gasteiger partial charge < -0.3 is 15.3 Å². The Morgan fingerprint density at radius 3 is 2.21 bits per heavy atom. The summed E-state index contributed by atoms with van der Waals surface area (Å²) in [6.07, 6.45) is 7.61. The Balaban J connectivity index is 1.72. The van der Waals surface area contributed by atoms with E-state index >= 15 is 0 Å². The maximum Gasteiger partial charge on any atom is 0.0675 e. The molecule has 0 aliphatic heterocycles. The fourth-order valence-corrected chi connectivity index (χ4v) is 8.00. The first-order valence-corrected chi connectivity index (χ1v) is 10.2. The van der Waals surface area contributed by atoms with Crippen LogP contribution in [-0.2, 0) is 0 Å². The molecular formula is C21H36O3. The van der Waals surface area contributed by atoms with Crippen LogP contribution in [0.15, 0.2) is 0 Å². The minimum absolute atomic E-state index is 0.0600. The molecule has 4 aliphatic rings. The van der Waals surface area contributed by atoms with Crippen LogP contribution in [0.5, 0.6) is 0 Å². The highest BCUT2D eigenvalue weighted by atomic mass is 16.3. The van der Waals surface area contributed by atoms with Crippen molar-refractivity contribution in [2.45, 2.75) is 96.4 Å². The molecule has 4 aliphatic carbocycles. The summed E-state index contributed by atoms with van der Waals surface area (Å²) in [6.45, 7) is 8.66. The zero-order valence-electron chi connectivity index (χ0n) is 15.9. The predicted octanol–water partition coefficient (Wildman–Crippen LogP) is 3.50. The number of fused-ring (bicyclic) bond motifs is 5. The van der Waals surface area contributed by atoms with Gasteiger partial charge >= 0.3 is 0 Å². The molecule has 0 radical (unpaired) electrons. The van der Waals surface area contributed by atoms with Gasteiger partial charge in [-0.15, -0.1) is 0 Å². The first-order valence-electron chi connectivity index (χ1n) is 10.2. The summed E-state index contributed by atoms with van der Waals surface area (Å²) in [5, 5.41) is 33.1. The van der Waals surface area contributed by atoms with Crippen molar-refractivity contribution in [3.63, 3.8) is 0 Å². The quantitative estimate of drug-likeness (QED) is 0.634. The van der Waals surface area contributed by atoms with Gasteiger partial charge in [-0.2, -0.15) is 0 Å². The second-order valence-corrected chi connectivity index (χ2v) is 10.6. The molecule has 3 nitrogen and oxygen atoms in total. The summed E-state index contributed by atoms with van der Waals surface area (Å²) in [5.74, 6) is 1.42. The summed E-state index contributed by atoms with van der Waals surface area (Å²) in [5.41, 5.74) is -1.16. The molecule has 4 saturated carbocycles. The van der Waals surface area contributed by atoms with Crippen molar-refractivity contribution < 1.29 is 15.3 Å². The van der Waals surface area contributed by atoms with Crippen LogP contribution < -0.4 is 0 Å². The van der Waals surface area contributed by atoms with Crippen molar-refractivity contribution in [2.24, 2.45) is 34.5 Å². The Labute approximate surface area is 146 Å². The molecule has 0 bridgehead atoms. The fourth-order valence-electron chi connectivity index (χ4n) is 8.00. The maximum absolute atomic E-state index is 11.1. The standard InChI is InChI=1S/C21H36O3/c1-18-8-5-9-20(3,23)16(18)12-15(22)17-13(18)6-10-19(2)14(17)7-11-21(19,4)24/h13-17,22-24H,5-12H2,1-4H3/t13-,14-,15+,16+,17+,18+,19-,20-,21-/m0/s1. The molecule has 0 unspecified atom stereocenters. The van der Waals surface area contributed by atoms with Crippen molar-refractivity contribution in [1.29, 1.82) is 0 Å². The molecular weight excluding hydrogens is 300 g/mol. The van der Waals surface area contributed by atoms with E-state index in [2.05, 4.69) is 13.8 Å². The van der Waals surface area contributed by atoms with Crippen LogP contribution in [0.25, 0.3) is 0 Å². The normalized spacial score (nSPS) is 63.4. The lowest BCUT2D eigenvalue weighted by atomic mass is 9.42. The summed E-state index contributed by atoms with van der Waals surface area (Å²) in [6, 6.07) is 0. The van der Waals surface area contributed by atoms with E-state index in [9.17, 15) is 15.3 Å². The van der Waals surface area contributed by atoms with Crippen molar-refractivity contribution >= 4 is 0 Å². The summed E-state index contributed by atoms with van der Waals surface area (Å²) in [7, 11) is 0. The third kappa shape index (κ3) is 2.01. The van der Waals surface area contributed by atoms with E-state index in [0.29, 0.717) is 17.8 Å². The maximum atomic E-state index is 11.1. The third-order valence-electron chi connectivity index (χ3n) is 9.61. The average Bonchev–Trinajstić information content (AvgIpc) is 2.71. The Bertz CT molecular complexity index is 527. The van der Waals surface area contributed by atoms with Gasteiger partial charge in [0.2, 0.25) is 0 Å². The Hall–Kier alpha value is -0.120. The molecule has 4 fully saturated rings. The fraction of sp³-hybridized carbons (Fsp3) is 1.00. The molecule has 24 heavy (non-hydrogen) atoms. The third-order valence-corrected chi connectivity index (χ3v) is 9.61. The smallest absolute Gasteiger partial charge is 0.0675 e. The average molecular weight is 337 g/mol. The van der Waals surface area contributed by atoms with Crippen molar-refractivity contribution in [1.82, 2.24) is 0 Å². The van der Waals surface area contributed by atoms with Gasteiger partial charge in [0, 0.05) is 0 Å². The summed E-state index contributed by atoms with van der Waals surface area (Å²) in [4.78, 5) is 0. The Morgan fingerprint density at radius 2 is 1.50 bits per heavy atom. The molecule has 3 N–H and O–H groups in total. The first kappa shape index (κ1) is 17.3. The molecule has 0 aromatic heterocycles. The largest absolute Gasteiger partial charge is 0.393 e. The minimum Gasteiger partial charge on any atom is -0.393 e. The number of aliphatic hydroxyl groups is 3. The summed E-state index contributed by atoms with van der Waals surface area (Å²) < 4.78 is 0. The second-order valence-electron chi connectivity index (χ2n) is 10.6. The van der Waals surface area contributed by atoms with Crippen LogP contribution in [0.4, 0.5) is 0 Å².